The highest BCUT2D eigenvalue weighted by Gasteiger charge is 2.38. The van der Waals surface area contributed by atoms with Crippen molar-refractivity contribution in [2.24, 2.45) is 17.6 Å². The number of nitrogens with two attached hydrogens (primary N) is 1. The summed E-state index contributed by atoms with van der Waals surface area (Å²) < 4.78 is 0. The molecule has 7 heteroatoms. The number of nitrogens with one attached hydrogen (secondary N) is 1. The van der Waals surface area contributed by atoms with Crippen molar-refractivity contribution in [3.63, 3.8) is 0 Å². The average molecular weight is 374 g/mol. The van der Waals surface area contributed by atoms with E-state index in [4.69, 9.17) is 17.3 Å². The molecule has 2 amide bonds. The number of amides is 2. The first-order valence-electron chi connectivity index (χ1n) is 7.85. The maximum Gasteiger partial charge on any atom is 0.227 e. The first kappa shape index (κ1) is 20.7. The van der Waals surface area contributed by atoms with Crippen LogP contribution < -0.4 is 16.0 Å². The van der Waals surface area contributed by atoms with Crippen molar-refractivity contribution in [1.82, 2.24) is 5.32 Å². The van der Waals surface area contributed by atoms with E-state index in [0.717, 1.165) is 5.69 Å². The Labute approximate surface area is 154 Å². The highest BCUT2D eigenvalue weighted by Crippen LogP contribution is 2.27. The molecule has 5 nitrogen and oxygen atoms in total. The third kappa shape index (κ3) is 4.41. The summed E-state index contributed by atoms with van der Waals surface area (Å²) in [6.45, 7) is 6.71. The number of hydrogen-bond acceptors (Lipinski definition) is 3. The molecule has 1 aliphatic heterocycles. The molecule has 1 aromatic carbocycles. The van der Waals surface area contributed by atoms with E-state index in [0.29, 0.717) is 18.1 Å². The molecule has 1 fully saturated rings. The van der Waals surface area contributed by atoms with Crippen LogP contribution in [0.25, 0.3) is 0 Å². The van der Waals surface area contributed by atoms with Crippen LogP contribution in [0.2, 0.25) is 5.02 Å². The molecule has 134 valence electrons. The Morgan fingerprint density at radius 1 is 1.42 bits per heavy atom. The van der Waals surface area contributed by atoms with Crippen molar-refractivity contribution in [1.29, 1.82) is 0 Å². The molecule has 0 aliphatic carbocycles. The van der Waals surface area contributed by atoms with Crippen LogP contribution in [0.4, 0.5) is 5.69 Å². The van der Waals surface area contributed by atoms with Gasteiger partial charge in [-0.1, -0.05) is 25.4 Å². The summed E-state index contributed by atoms with van der Waals surface area (Å²) in [5, 5.41) is 3.64. The SMILES string of the molecule is CC(C)C(C)(CN)NC(=O)C1CC(=O)N(c2ccc(Cl)cc2)C1.Cl. The van der Waals surface area contributed by atoms with Gasteiger partial charge in [0.05, 0.1) is 11.5 Å². The largest absolute Gasteiger partial charge is 0.349 e. The highest BCUT2D eigenvalue weighted by atomic mass is 35.5. The van der Waals surface area contributed by atoms with Gasteiger partial charge in [-0.2, -0.15) is 0 Å². The standard InChI is InChI=1S/C17H24ClN3O2.ClH/c1-11(2)17(3,10-19)20-16(23)12-8-15(22)21(9-12)14-6-4-13(18)5-7-14;/h4-7,11-12H,8-10,19H2,1-3H3,(H,20,23);1H. The van der Waals surface area contributed by atoms with Crippen LogP contribution in [-0.4, -0.2) is 30.4 Å². The number of nitrogens with zero attached hydrogens (tertiary/aromatic N) is 1. The maximum absolute atomic E-state index is 12.5. The Morgan fingerprint density at radius 2 is 2.00 bits per heavy atom. The normalized spacial score (nSPS) is 19.8. The molecule has 1 saturated heterocycles. The van der Waals surface area contributed by atoms with E-state index in [1.165, 1.54) is 0 Å². The fourth-order valence-corrected chi connectivity index (χ4v) is 2.69. The first-order valence-corrected chi connectivity index (χ1v) is 8.22. The van der Waals surface area contributed by atoms with E-state index in [1.54, 1.807) is 29.2 Å². The Kier molecular flexibility index (Phi) is 7.08. The lowest BCUT2D eigenvalue weighted by molar-refractivity contribution is -0.128. The number of benzene rings is 1. The van der Waals surface area contributed by atoms with Gasteiger partial charge in [0, 0.05) is 30.2 Å². The molecular formula is C17H25Cl2N3O2. The van der Waals surface area contributed by atoms with Crippen molar-refractivity contribution in [2.75, 3.05) is 18.0 Å². The van der Waals surface area contributed by atoms with E-state index < -0.39 is 5.54 Å². The Balaban J connectivity index is 0.00000288. The van der Waals surface area contributed by atoms with Crippen molar-refractivity contribution in [3.05, 3.63) is 29.3 Å². The third-order valence-electron chi connectivity index (χ3n) is 4.74. The summed E-state index contributed by atoms with van der Waals surface area (Å²) in [6.07, 6.45) is 0.215. The lowest BCUT2D eigenvalue weighted by Gasteiger charge is -2.34. The Morgan fingerprint density at radius 3 is 2.50 bits per heavy atom. The van der Waals surface area contributed by atoms with E-state index in [-0.39, 0.29) is 42.5 Å². The van der Waals surface area contributed by atoms with Crippen molar-refractivity contribution in [2.45, 2.75) is 32.7 Å². The van der Waals surface area contributed by atoms with Gasteiger partial charge in [-0.25, -0.2) is 0 Å². The maximum atomic E-state index is 12.5. The van der Waals surface area contributed by atoms with Crippen molar-refractivity contribution >= 4 is 41.5 Å². The van der Waals surface area contributed by atoms with E-state index in [1.807, 2.05) is 20.8 Å². The molecule has 2 unspecified atom stereocenters. The van der Waals surface area contributed by atoms with Gasteiger partial charge < -0.3 is 16.0 Å². The Hall–Kier alpha value is -1.30. The monoisotopic (exact) mass is 373 g/mol. The molecule has 3 N–H and O–H groups in total. The van der Waals surface area contributed by atoms with Crippen molar-refractivity contribution < 1.29 is 9.59 Å². The second-order valence-corrected chi connectivity index (χ2v) is 7.08. The second-order valence-electron chi connectivity index (χ2n) is 6.65. The number of halogens is 2. The van der Waals surface area contributed by atoms with Crippen molar-refractivity contribution in [3.8, 4) is 0 Å². The van der Waals surface area contributed by atoms with Crippen LogP contribution in [0, 0.1) is 11.8 Å². The summed E-state index contributed by atoms with van der Waals surface area (Å²) >= 11 is 5.87. The highest BCUT2D eigenvalue weighted by molar-refractivity contribution is 6.30. The molecule has 0 saturated carbocycles. The lowest BCUT2D eigenvalue weighted by Crippen LogP contribution is -2.56. The van der Waals surface area contributed by atoms with Gasteiger partial charge in [0.25, 0.3) is 0 Å². The molecule has 1 heterocycles. The molecule has 2 rings (SSSR count). The molecule has 0 radical (unpaired) electrons. The van der Waals surface area contributed by atoms with Crippen LogP contribution in [0.1, 0.15) is 27.2 Å². The molecule has 0 spiro atoms. The minimum Gasteiger partial charge on any atom is -0.349 e. The zero-order chi connectivity index (χ0) is 17.2. The van der Waals surface area contributed by atoms with Crippen LogP contribution in [0.5, 0.6) is 0 Å². The van der Waals surface area contributed by atoms with Gasteiger partial charge in [0.2, 0.25) is 11.8 Å². The van der Waals surface area contributed by atoms with E-state index >= 15 is 0 Å². The first-order chi connectivity index (χ1) is 10.8. The minimum atomic E-state index is -0.464. The smallest absolute Gasteiger partial charge is 0.227 e. The lowest BCUT2D eigenvalue weighted by atomic mass is 9.87. The quantitative estimate of drug-likeness (QED) is 0.832. The summed E-state index contributed by atoms with van der Waals surface area (Å²) in [6, 6.07) is 7.06. The predicted octanol–water partition coefficient (Wildman–Crippen LogP) is 2.60. The number of carbonyl (C=O) groups excluding carboxylic acids is 2. The topological polar surface area (TPSA) is 75.4 Å². The molecule has 1 aromatic rings. The van der Waals surface area contributed by atoms with Gasteiger partial charge >= 0.3 is 0 Å². The minimum absolute atomic E-state index is 0. The van der Waals surface area contributed by atoms with Crippen LogP contribution >= 0.6 is 24.0 Å². The fraction of sp³-hybridized carbons (Fsp3) is 0.529. The van der Waals surface area contributed by atoms with Gasteiger partial charge in [0.1, 0.15) is 0 Å². The summed E-state index contributed by atoms with van der Waals surface area (Å²) in [4.78, 5) is 26.4. The zero-order valence-electron chi connectivity index (χ0n) is 14.2. The van der Waals surface area contributed by atoms with Gasteiger partial charge in [0.15, 0.2) is 0 Å². The molecule has 24 heavy (non-hydrogen) atoms. The molecular weight excluding hydrogens is 349 g/mol. The molecule has 0 aromatic heterocycles. The summed E-state index contributed by atoms with van der Waals surface area (Å²) in [7, 11) is 0. The third-order valence-corrected chi connectivity index (χ3v) is 4.99. The van der Waals surface area contributed by atoms with Crippen LogP contribution in [0.3, 0.4) is 0 Å². The van der Waals surface area contributed by atoms with Crippen LogP contribution in [-0.2, 0) is 9.59 Å². The second kappa shape index (κ2) is 8.19. The number of hydrogen-bond donors (Lipinski definition) is 2. The predicted molar refractivity (Wildman–Crippen MR) is 99.6 cm³/mol. The van der Waals surface area contributed by atoms with Gasteiger partial charge in [-0.3, -0.25) is 9.59 Å². The summed E-state index contributed by atoms with van der Waals surface area (Å²) in [5.74, 6) is -0.313. The van der Waals surface area contributed by atoms with Gasteiger partial charge in [-0.05, 0) is 37.1 Å². The number of rotatable bonds is 5. The molecule has 0 bridgehead atoms. The van der Waals surface area contributed by atoms with E-state index in [2.05, 4.69) is 5.32 Å². The molecule has 2 atom stereocenters. The zero-order valence-corrected chi connectivity index (χ0v) is 15.8. The fourth-order valence-electron chi connectivity index (χ4n) is 2.57. The van der Waals surface area contributed by atoms with E-state index in [9.17, 15) is 9.59 Å². The average Bonchev–Trinajstić information content (AvgIpc) is 2.90. The number of carbonyl (C=O) groups is 2. The summed E-state index contributed by atoms with van der Waals surface area (Å²) in [5.41, 5.74) is 6.11. The Bertz CT molecular complexity index is 592. The molecule has 1 aliphatic rings. The van der Waals surface area contributed by atoms with Gasteiger partial charge in [-0.15, -0.1) is 12.4 Å². The van der Waals surface area contributed by atoms with Crippen LogP contribution in [0.15, 0.2) is 24.3 Å². The number of anilines is 1.